The van der Waals surface area contributed by atoms with Crippen LogP contribution in [-0.2, 0) is 11.2 Å². The highest BCUT2D eigenvalue weighted by molar-refractivity contribution is 8.00. The van der Waals surface area contributed by atoms with Crippen molar-refractivity contribution in [3.05, 3.63) is 71.3 Å². The Morgan fingerprint density at radius 2 is 2.00 bits per heavy atom. The van der Waals surface area contributed by atoms with Crippen LogP contribution < -0.4 is 5.32 Å². The number of nitrogens with zero attached hydrogens (tertiary/aromatic N) is 2. The lowest BCUT2D eigenvalue weighted by molar-refractivity contribution is -0.118. The van der Waals surface area contributed by atoms with E-state index in [2.05, 4.69) is 16.4 Å². The Balaban J connectivity index is 1.59. The number of nitrogens with one attached hydrogen (secondary N) is 1. The zero-order chi connectivity index (χ0) is 18.4. The number of amides is 1. The molecule has 0 aliphatic heterocycles. The molecular formula is C21H19N3OS. The molecule has 1 heterocycles. The molecule has 5 heteroatoms. The van der Waals surface area contributed by atoms with Gasteiger partial charge in [-0.25, -0.2) is 4.98 Å². The summed E-state index contributed by atoms with van der Waals surface area (Å²) in [7, 11) is 0. The van der Waals surface area contributed by atoms with E-state index in [1.165, 1.54) is 17.3 Å². The summed E-state index contributed by atoms with van der Waals surface area (Å²) in [6.45, 7) is 2.60. The number of aryl methyl sites for hydroxylation is 1. The maximum Gasteiger partial charge on any atom is 0.230 e. The molecule has 26 heavy (non-hydrogen) atoms. The van der Waals surface area contributed by atoms with Crippen LogP contribution in [0.15, 0.2) is 59.6 Å². The van der Waals surface area contributed by atoms with Crippen LogP contribution >= 0.6 is 11.8 Å². The summed E-state index contributed by atoms with van der Waals surface area (Å²) in [5.74, 6) is 0.189. The number of carbonyl (C=O) groups excluding carboxylic acids is 1. The van der Waals surface area contributed by atoms with Crippen molar-refractivity contribution in [1.82, 2.24) is 10.3 Å². The summed E-state index contributed by atoms with van der Waals surface area (Å²) in [6.07, 6.45) is 0.800. The molecule has 4 nitrogen and oxygen atoms in total. The number of hydrogen-bond donors (Lipinski definition) is 1. The van der Waals surface area contributed by atoms with Crippen molar-refractivity contribution in [3.63, 3.8) is 0 Å². The van der Waals surface area contributed by atoms with Gasteiger partial charge in [0.25, 0.3) is 0 Å². The normalized spacial score (nSPS) is 10.5. The summed E-state index contributed by atoms with van der Waals surface area (Å²) >= 11 is 1.30. The molecule has 1 amide bonds. The van der Waals surface area contributed by atoms with Crippen LogP contribution in [0.1, 0.15) is 16.7 Å². The first kappa shape index (κ1) is 18.0. The molecule has 2 aromatic carbocycles. The third-order valence-electron chi connectivity index (χ3n) is 3.97. The monoisotopic (exact) mass is 361 g/mol. The predicted octanol–water partition coefficient (Wildman–Crippen LogP) is 3.87. The predicted molar refractivity (Wildman–Crippen MR) is 105 cm³/mol. The lowest BCUT2D eigenvalue weighted by Crippen LogP contribution is -2.27. The second-order valence-corrected chi connectivity index (χ2v) is 6.99. The molecule has 0 atom stereocenters. The van der Waals surface area contributed by atoms with Crippen LogP contribution in [0.2, 0.25) is 0 Å². The summed E-state index contributed by atoms with van der Waals surface area (Å²) in [5.41, 5.74) is 3.66. The Labute approximate surface area is 157 Å². The molecule has 0 saturated heterocycles. The second-order valence-electron chi connectivity index (χ2n) is 6.02. The highest BCUT2D eigenvalue weighted by Gasteiger charge is 2.10. The van der Waals surface area contributed by atoms with E-state index in [1.54, 1.807) is 0 Å². The number of nitriles is 1. The SMILES string of the molecule is Cc1ccc2nc(SCC(=O)NCCc3ccccc3)c(C#N)cc2c1. The van der Waals surface area contributed by atoms with Gasteiger partial charge in [-0.2, -0.15) is 5.26 Å². The number of aromatic nitrogens is 1. The van der Waals surface area contributed by atoms with E-state index in [-0.39, 0.29) is 11.7 Å². The zero-order valence-corrected chi connectivity index (χ0v) is 15.3. The Hall–Kier alpha value is -2.84. The van der Waals surface area contributed by atoms with Gasteiger partial charge in [0.05, 0.1) is 16.8 Å². The van der Waals surface area contributed by atoms with Crippen LogP contribution in [-0.4, -0.2) is 23.2 Å². The Kier molecular flexibility index (Phi) is 5.88. The van der Waals surface area contributed by atoms with Crippen molar-refractivity contribution in [3.8, 4) is 6.07 Å². The lowest BCUT2D eigenvalue weighted by atomic mass is 10.1. The first-order valence-corrected chi connectivity index (χ1v) is 9.39. The van der Waals surface area contributed by atoms with Gasteiger partial charge in [-0.05, 0) is 37.1 Å². The molecule has 130 valence electrons. The number of pyridine rings is 1. The third-order valence-corrected chi connectivity index (χ3v) is 4.97. The quantitative estimate of drug-likeness (QED) is 0.677. The van der Waals surface area contributed by atoms with Crippen molar-refractivity contribution in [2.75, 3.05) is 12.3 Å². The topological polar surface area (TPSA) is 65.8 Å². The fraction of sp³-hybridized carbons (Fsp3) is 0.190. The average Bonchev–Trinajstić information content (AvgIpc) is 2.66. The van der Waals surface area contributed by atoms with Gasteiger partial charge in [-0.1, -0.05) is 53.7 Å². The van der Waals surface area contributed by atoms with E-state index in [9.17, 15) is 10.1 Å². The van der Waals surface area contributed by atoms with E-state index in [0.29, 0.717) is 17.1 Å². The molecule has 0 radical (unpaired) electrons. The molecule has 0 saturated carbocycles. The summed E-state index contributed by atoms with van der Waals surface area (Å²) < 4.78 is 0. The standard InChI is InChI=1S/C21H19N3OS/c1-15-7-8-19-17(11-15)12-18(13-22)21(24-19)26-14-20(25)23-10-9-16-5-3-2-4-6-16/h2-8,11-12H,9-10,14H2,1H3,(H,23,25). The number of benzene rings is 2. The number of rotatable bonds is 6. The van der Waals surface area contributed by atoms with E-state index in [4.69, 9.17) is 0 Å². The Morgan fingerprint density at radius 3 is 2.77 bits per heavy atom. The molecule has 0 bridgehead atoms. The molecule has 3 aromatic rings. The van der Waals surface area contributed by atoms with Gasteiger partial charge in [-0.15, -0.1) is 0 Å². The fourth-order valence-corrected chi connectivity index (χ4v) is 3.44. The van der Waals surface area contributed by atoms with E-state index in [0.717, 1.165) is 22.9 Å². The average molecular weight is 361 g/mol. The smallest absolute Gasteiger partial charge is 0.230 e. The highest BCUT2D eigenvalue weighted by Crippen LogP contribution is 2.25. The number of thioether (sulfide) groups is 1. The zero-order valence-electron chi connectivity index (χ0n) is 14.5. The number of carbonyl (C=O) groups is 1. The highest BCUT2D eigenvalue weighted by atomic mass is 32.2. The molecule has 0 aliphatic rings. The molecule has 0 aliphatic carbocycles. The van der Waals surface area contributed by atoms with Crippen LogP contribution in [0.5, 0.6) is 0 Å². The largest absolute Gasteiger partial charge is 0.355 e. The maximum atomic E-state index is 12.1. The van der Waals surface area contributed by atoms with Gasteiger partial charge >= 0.3 is 0 Å². The van der Waals surface area contributed by atoms with Gasteiger partial charge in [0.2, 0.25) is 5.91 Å². The lowest BCUT2D eigenvalue weighted by Gasteiger charge is -2.07. The van der Waals surface area contributed by atoms with E-state index >= 15 is 0 Å². The molecule has 1 N–H and O–H groups in total. The first-order chi connectivity index (χ1) is 12.7. The van der Waals surface area contributed by atoms with E-state index in [1.807, 2.05) is 61.5 Å². The molecule has 1 aromatic heterocycles. The molecule has 0 fully saturated rings. The van der Waals surface area contributed by atoms with Crippen molar-refractivity contribution in [2.45, 2.75) is 18.4 Å². The van der Waals surface area contributed by atoms with Gasteiger partial charge in [-0.3, -0.25) is 4.79 Å². The maximum absolute atomic E-state index is 12.1. The van der Waals surface area contributed by atoms with Crippen molar-refractivity contribution in [1.29, 1.82) is 5.26 Å². The second kappa shape index (κ2) is 8.50. The summed E-state index contributed by atoms with van der Waals surface area (Å²) in [5, 5.41) is 13.8. The minimum atomic E-state index is -0.0550. The van der Waals surface area contributed by atoms with Crippen molar-refractivity contribution < 1.29 is 4.79 Å². The van der Waals surface area contributed by atoms with Crippen LogP contribution in [0.4, 0.5) is 0 Å². The first-order valence-electron chi connectivity index (χ1n) is 8.40. The van der Waals surface area contributed by atoms with Crippen molar-refractivity contribution >= 4 is 28.6 Å². The van der Waals surface area contributed by atoms with Gasteiger partial charge in [0.15, 0.2) is 0 Å². The minimum absolute atomic E-state index is 0.0550. The van der Waals surface area contributed by atoms with Crippen LogP contribution in [0.25, 0.3) is 10.9 Å². The van der Waals surface area contributed by atoms with Gasteiger partial charge < -0.3 is 5.32 Å². The minimum Gasteiger partial charge on any atom is -0.355 e. The van der Waals surface area contributed by atoms with Gasteiger partial charge in [0, 0.05) is 11.9 Å². The molecule has 0 spiro atoms. The summed E-state index contributed by atoms with van der Waals surface area (Å²) in [6, 6.07) is 20.0. The number of hydrogen-bond acceptors (Lipinski definition) is 4. The van der Waals surface area contributed by atoms with Crippen LogP contribution in [0.3, 0.4) is 0 Å². The van der Waals surface area contributed by atoms with E-state index < -0.39 is 0 Å². The summed E-state index contributed by atoms with van der Waals surface area (Å²) in [4.78, 5) is 16.6. The van der Waals surface area contributed by atoms with Crippen LogP contribution in [0, 0.1) is 18.3 Å². The van der Waals surface area contributed by atoms with Gasteiger partial charge in [0.1, 0.15) is 11.1 Å². The number of fused-ring (bicyclic) bond motifs is 1. The Morgan fingerprint density at radius 1 is 1.19 bits per heavy atom. The third kappa shape index (κ3) is 4.62. The Bertz CT molecular complexity index is 964. The molecule has 3 rings (SSSR count). The molecular weight excluding hydrogens is 342 g/mol. The molecule has 0 unspecified atom stereocenters. The fourth-order valence-electron chi connectivity index (χ4n) is 2.64. The van der Waals surface area contributed by atoms with Crippen molar-refractivity contribution in [2.24, 2.45) is 0 Å².